The number of carbonyl (C=O) groups is 6. The van der Waals surface area contributed by atoms with Crippen LogP contribution in [0.4, 0.5) is 0 Å². The fourth-order valence-electron chi connectivity index (χ4n) is 2.04. The summed E-state index contributed by atoms with van der Waals surface area (Å²) in [6.07, 6.45) is 2.39. The Morgan fingerprint density at radius 3 is 1.48 bits per heavy atom. The third-order valence-electron chi connectivity index (χ3n) is 3.42. The molecule has 0 spiro atoms. The monoisotopic (exact) mass is 376 g/mol. The first-order valence-electron chi connectivity index (χ1n) is 6.93. The molecule has 2 rings (SSSR count). The first-order chi connectivity index (χ1) is 11.1. The maximum absolute atomic E-state index is 11.0. The van der Waals surface area contributed by atoms with Crippen molar-refractivity contribution in [3.63, 3.8) is 0 Å². The van der Waals surface area contributed by atoms with Crippen LogP contribution in [-0.2, 0) is 28.8 Å². The summed E-state index contributed by atoms with van der Waals surface area (Å²) in [6, 6.07) is -2.13. The van der Waals surface area contributed by atoms with E-state index in [1.807, 2.05) is 0 Å². The Hall–Kier alpha value is -2.75. The number of carboxylic acids is 2. The Morgan fingerprint density at radius 2 is 1.16 bits per heavy atom. The SMILES string of the molecule is CC(C(=O)O)N1C(=O)C=CC1=O.CC(C(=O)O)N1C(=O)CCC1=O.Cl. The maximum atomic E-state index is 11.0. The highest BCUT2D eigenvalue weighted by Gasteiger charge is 2.36. The second kappa shape index (κ2) is 8.92. The van der Waals surface area contributed by atoms with Gasteiger partial charge in [0.1, 0.15) is 12.1 Å². The topological polar surface area (TPSA) is 149 Å². The van der Waals surface area contributed by atoms with E-state index in [1.54, 1.807) is 0 Å². The van der Waals surface area contributed by atoms with Gasteiger partial charge in [0.2, 0.25) is 11.8 Å². The maximum Gasteiger partial charge on any atom is 0.326 e. The van der Waals surface area contributed by atoms with Crippen molar-refractivity contribution < 1.29 is 39.0 Å². The van der Waals surface area contributed by atoms with Crippen molar-refractivity contribution in [2.24, 2.45) is 0 Å². The zero-order chi connectivity index (χ0) is 18.6. The number of carboxylic acid groups (broad SMARTS) is 2. The molecular weight excluding hydrogens is 360 g/mol. The van der Waals surface area contributed by atoms with E-state index in [0.29, 0.717) is 4.90 Å². The van der Waals surface area contributed by atoms with E-state index < -0.39 is 47.7 Å². The lowest BCUT2D eigenvalue weighted by atomic mass is 10.3. The quantitative estimate of drug-likeness (QED) is 0.618. The van der Waals surface area contributed by atoms with Crippen LogP contribution in [0.5, 0.6) is 0 Å². The summed E-state index contributed by atoms with van der Waals surface area (Å²) in [5.41, 5.74) is 0. The molecule has 0 saturated carbocycles. The van der Waals surface area contributed by atoms with Crippen LogP contribution in [0.2, 0.25) is 0 Å². The molecule has 2 unspecified atom stereocenters. The molecular formula is C14H17ClN2O8. The fraction of sp³-hybridized carbons (Fsp3) is 0.429. The van der Waals surface area contributed by atoms with Crippen molar-refractivity contribution in [3.05, 3.63) is 12.2 Å². The summed E-state index contributed by atoms with van der Waals surface area (Å²) in [5.74, 6) is -4.28. The lowest BCUT2D eigenvalue weighted by Gasteiger charge is -2.17. The number of hydrogen-bond acceptors (Lipinski definition) is 6. The van der Waals surface area contributed by atoms with Gasteiger partial charge >= 0.3 is 11.9 Å². The Balaban J connectivity index is 0.000000443. The number of carbonyl (C=O) groups excluding carboxylic acids is 4. The molecule has 4 amide bonds. The van der Waals surface area contributed by atoms with Gasteiger partial charge in [0.25, 0.3) is 11.8 Å². The highest BCUT2D eigenvalue weighted by molar-refractivity contribution is 6.14. The first kappa shape index (κ1) is 22.2. The minimum absolute atomic E-state index is 0. The molecule has 0 aromatic heterocycles. The average Bonchev–Trinajstić information content (AvgIpc) is 3.00. The van der Waals surface area contributed by atoms with Crippen molar-refractivity contribution in [1.82, 2.24) is 9.80 Å². The Morgan fingerprint density at radius 1 is 0.840 bits per heavy atom. The van der Waals surface area contributed by atoms with E-state index in [0.717, 1.165) is 17.1 Å². The van der Waals surface area contributed by atoms with Gasteiger partial charge in [-0.15, -0.1) is 12.4 Å². The number of aliphatic carboxylic acids is 2. The molecule has 2 atom stereocenters. The lowest BCUT2D eigenvalue weighted by molar-refractivity contribution is -0.153. The molecule has 2 N–H and O–H groups in total. The largest absolute Gasteiger partial charge is 0.480 e. The van der Waals surface area contributed by atoms with Crippen molar-refractivity contribution in [3.8, 4) is 0 Å². The third kappa shape index (κ3) is 5.11. The number of nitrogens with zero attached hydrogens (tertiary/aromatic N) is 2. The van der Waals surface area contributed by atoms with Gasteiger partial charge in [-0.1, -0.05) is 0 Å². The van der Waals surface area contributed by atoms with Crippen molar-refractivity contribution in [2.45, 2.75) is 38.8 Å². The van der Waals surface area contributed by atoms with E-state index >= 15 is 0 Å². The first-order valence-corrected chi connectivity index (χ1v) is 6.93. The minimum atomic E-state index is -1.19. The van der Waals surface area contributed by atoms with Crippen LogP contribution < -0.4 is 0 Å². The molecule has 0 aromatic rings. The normalized spacial score (nSPS) is 18.5. The van der Waals surface area contributed by atoms with Crippen LogP contribution in [0.1, 0.15) is 26.7 Å². The predicted octanol–water partition coefficient (Wildman–Crippen LogP) is -0.585. The van der Waals surface area contributed by atoms with Gasteiger partial charge in [-0.2, -0.15) is 0 Å². The highest BCUT2D eigenvalue weighted by Crippen LogP contribution is 2.15. The lowest BCUT2D eigenvalue weighted by Crippen LogP contribution is -2.42. The summed E-state index contributed by atoms with van der Waals surface area (Å²) < 4.78 is 0. The van der Waals surface area contributed by atoms with Gasteiger partial charge in [0.15, 0.2) is 0 Å². The van der Waals surface area contributed by atoms with Crippen molar-refractivity contribution >= 4 is 48.0 Å². The van der Waals surface area contributed by atoms with Crippen LogP contribution >= 0.6 is 12.4 Å². The fourth-order valence-corrected chi connectivity index (χ4v) is 2.04. The van der Waals surface area contributed by atoms with Gasteiger partial charge in [-0.05, 0) is 13.8 Å². The van der Waals surface area contributed by atoms with Crippen LogP contribution in [0.25, 0.3) is 0 Å². The number of imide groups is 2. The second-order valence-corrected chi connectivity index (χ2v) is 5.07. The number of likely N-dealkylation sites (tertiary alicyclic amines) is 1. The van der Waals surface area contributed by atoms with Gasteiger partial charge < -0.3 is 10.2 Å². The molecule has 0 radical (unpaired) electrons. The molecule has 1 saturated heterocycles. The number of hydrogen-bond donors (Lipinski definition) is 2. The second-order valence-electron chi connectivity index (χ2n) is 5.07. The van der Waals surface area contributed by atoms with Crippen molar-refractivity contribution in [2.75, 3.05) is 0 Å². The minimum Gasteiger partial charge on any atom is -0.480 e. The van der Waals surface area contributed by atoms with E-state index in [9.17, 15) is 28.8 Å². The molecule has 2 aliphatic heterocycles. The zero-order valence-corrected chi connectivity index (χ0v) is 14.2. The molecule has 10 nitrogen and oxygen atoms in total. The van der Waals surface area contributed by atoms with Gasteiger partial charge in [0, 0.05) is 25.0 Å². The Labute approximate surface area is 148 Å². The Bertz CT molecular complexity index is 593. The zero-order valence-electron chi connectivity index (χ0n) is 13.4. The van der Waals surface area contributed by atoms with Gasteiger partial charge in [-0.25, -0.2) is 9.59 Å². The molecule has 0 aliphatic carbocycles. The van der Waals surface area contributed by atoms with Crippen LogP contribution in [0.15, 0.2) is 12.2 Å². The smallest absolute Gasteiger partial charge is 0.326 e. The molecule has 2 aliphatic rings. The van der Waals surface area contributed by atoms with Crippen LogP contribution in [0, 0.1) is 0 Å². The Kier molecular flexibility index (Phi) is 7.94. The molecule has 1 fully saturated rings. The van der Waals surface area contributed by atoms with E-state index in [1.165, 1.54) is 13.8 Å². The predicted molar refractivity (Wildman–Crippen MR) is 83.5 cm³/mol. The standard InChI is InChI=1S/C7H9NO4.C7H7NO4.ClH/c2*1-4(7(11)12)8-5(9)2-3-6(8)10;/h4H,2-3H2,1H3,(H,11,12);2-4H,1H3,(H,11,12);1H. The van der Waals surface area contributed by atoms with Crippen molar-refractivity contribution in [1.29, 1.82) is 0 Å². The highest BCUT2D eigenvalue weighted by atomic mass is 35.5. The number of rotatable bonds is 4. The molecule has 11 heteroatoms. The summed E-state index contributed by atoms with van der Waals surface area (Å²) in [4.78, 5) is 66.1. The van der Waals surface area contributed by atoms with Gasteiger partial charge in [-0.3, -0.25) is 29.0 Å². The number of amides is 4. The molecule has 2 heterocycles. The van der Waals surface area contributed by atoms with E-state index in [2.05, 4.69) is 0 Å². The molecule has 0 aromatic carbocycles. The summed E-state index contributed by atoms with van der Waals surface area (Å²) in [5, 5.41) is 17.0. The van der Waals surface area contributed by atoms with E-state index in [-0.39, 0.29) is 25.2 Å². The number of halogens is 1. The van der Waals surface area contributed by atoms with Crippen LogP contribution in [-0.4, -0.2) is 67.7 Å². The van der Waals surface area contributed by atoms with Gasteiger partial charge in [0.05, 0.1) is 0 Å². The summed E-state index contributed by atoms with van der Waals surface area (Å²) >= 11 is 0. The summed E-state index contributed by atoms with van der Waals surface area (Å²) in [6.45, 7) is 2.61. The summed E-state index contributed by atoms with van der Waals surface area (Å²) in [7, 11) is 0. The molecule has 138 valence electrons. The van der Waals surface area contributed by atoms with Crippen LogP contribution in [0.3, 0.4) is 0 Å². The molecule has 25 heavy (non-hydrogen) atoms. The average molecular weight is 377 g/mol. The third-order valence-corrected chi connectivity index (χ3v) is 3.42. The van der Waals surface area contributed by atoms with E-state index in [4.69, 9.17) is 10.2 Å². The molecule has 0 bridgehead atoms.